The van der Waals surface area contributed by atoms with Crippen molar-refractivity contribution in [3.05, 3.63) is 64.4 Å². The molecule has 0 unspecified atom stereocenters. The van der Waals surface area contributed by atoms with Crippen molar-refractivity contribution in [3.63, 3.8) is 0 Å². The Bertz CT molecular complexity index is 614. The highest BCUT2D eigenvalue weighted by molar-refractivity contribution is 9.10. The van der Waals surface area contributed by atoms with Crippen LogP contribution < -0.4 is 4.57 Å². The van der Waals surface area contributed by atoms with Crippen molar-refractivity contribution in [2.24, 2.45) is 0 Å². The van der Waals surface area contributed by atoms with Crippen LogP contribution in [0.25, 0.3) is 0 Å². The highest BCUT2D eigenvalue weighted by Gasteiger charge is 2.14. The van der Waals surface area contributed by atoms with Crippen molar-refractivity contribution in [2.75, 3.05) is 0 Å². The minimum absolute atomic E-state index is 0.0252. The minimum atomic E-state index is 0.0252. The van der Waals surface area contributed by atoms with Gasteiger partial charge in [0.15, 0.2) is 12.4 Å². The largest absolute Gasteiger partial charge is 0.287 e. The van der Waals surface area contributed by atoms with Crippen LogP contribution in [-0.2, 0) is 6.54 Å². The number of pyridine rings is 1. The summed E-state index contributed by atoms with van der Waals surface area (Å²) in [5, 5.41) is 8.69. The van der Waals surface area contributed by atoms with Crippen LogP contribution in [0.1, 0.15) is 15.9 Å². The molecule has 2 aromatic rings. The van der Waals surface area contributed by atoms with E-state index in [9.17, 15) is 4.79 Å². The lowest BCUT2D eigenvalue weighted by atomic mass is 10.1. The molecule has 4 heteroatoms. The molecule has 88 valence electrons. The highest BCUT2D eigenvalue weighted by atomic mass is 79.9. The number of benzene rings is 1. The first-order valence-electron chi connectivity index (χ1n) is 5.37. The Kier molecular flexibility index (Phi) is 3.85. The van der Waals surface area contributed by atoms with E-state index < -0.39 is 0 Å². The number of Topliss-reactive ketones (excluding diaryl/α,β-unsaturated/α-hetero) is 1. The third-order valence-electron chi connectivity index (χ3n) is 2.52. The fourth-order valence-electron chi connectivity index (χ4n) is 1.58. The van der Waals surface area contributed by atoms with Gasteiger partial charge < -0.3 is 0 Å². The third kappa shape index (κ3) is 2.82. The van der Waals surface area contributed by atoms with E-state index >= 15 is 0 Å². The monoisotopic (exact) mass is 301 g/mol. The number of aromatic nitrogens is 1. The average molecular weight is 302 g/mol. The summed E-state index contributed by atoms with van der Waals surface area (Å²) in [5.74, 6) is 0.0252. The summed E-state index contributed by atoms with van der Waals surface area (Å²) in [6.45, 7) is 0.258. The Morgan fingerprint density at radius 3 is 2.50 bits per heavy atom. The van der Waals surface area contributed by atoms with Crippen LogP contribution in [0.4, 0.5) is 0 Å². The quantitative estimate of drug-likeness (QED) is 0.646. The smallest absolute Gasteiger partial charge is 0.228 e. The summed E-state index contributed by atoms with van der Waals surface area (Å²) in [4.78, 5) is 12.1. The molecule has 2 rings (SSSR count). The van der Waals surface area contributed by atoms with Crippen LogP contribution in [0.2, 0.25) is 0 Å². The molecule has 0 aliphatic carbocycles. The molecule has 0 saturated carbocycles. The minimum Gasteiger partial charge on any atom is -0.287 e. The van der Waals surface area contributed by atoms with Crippen molar-refractivity contribution in [1.29, 1.82) is 5.26 Å². The van der Waals surface area contributed by atoms with Crippen LogP contribution in [-0.4, -0.2) is 5.78 Å². The van der Waals surface area contributed by atoms with Gasteiger partial charge in [0, 0.05) is 22.2 Å². The molecule has 3 nitrogen and oxygen atoms in total. The molecule has 0 spiro atoms. The molecular weight excluding hydrogens is 292 g/mol. The molecule has 0 saturated heterocycles. The lowest BCUT2D eigenvalue weighted by molar-refractivity contribution is -0.683. The van der Waals surface area contributed by atoms with Gasteiger partial charge in [-0.3, -0.25) is 4.79 Å². The molecule has 18 heavy (non-hydrogen) atoms. The second-order valence-corrected chi connectivity index (χ2v) is 4.63. The van der Waals surface area contributed by atoms with Gasteiger partial charge in [0.2, 0.25) is 12.3 Å². The van der Waals surface area contributed by atoms with Crippen LogP contribution in [0.5, 0.6) is 0 Å². The molecule has 0 atom stereocenters. The van der Waals surface area contributed by atoms with Gasteiger partial charge >= 0.3 is 0 Å². The molecule has 0 amide bonds. The van der Waals surface area contributed by atoms with E-state index in [4.69, 9.17) is 5.26 Å². The first-order valence-corrected chi connectivity index (χ1v) is 6.17. The van der Waals surface area contributed by atoms with Gasteiger partial charge in [0.1, 0.15) is 0 Å². The number of nitrogens with zero attached hydrogens (tertiary/aromatic N) is 2. The summed E-state index contributed by atoms with van der Waals surface area (Å²) in [6, 6.07) is 12.8. The molecule has 0 bridgehead atoms. The summed E-state index contributed by atoms with van der Waals surface area (Å²) in [6.07, 6.45) is 3.46. The molecule has 0 radical (unpaired) electrons. The van der Waals surface area contributed by atoms with Crippen molar-refractivity contribution in [3.8, 4) is 6.07 Å². The molecule has 1 aromatic carbocycles. The van der Waals surface area contributed by atoms with Crippen LogP contribution in [0.3, 0.4) is 0 Å². The predicted molar refractivity (Wildman–Crippen MR) is 69.8 cm³/mol. The van der Waals surface area contributed by atoms with E-state index in [0.717, 1.165) is 4.47 Å². The SMILES string of the molecule is N#Cc1cc[n+](CC(=O)c2ccccc2Br)cc1. The number of halogens is 1. The van der Waals surface area contributed by atoms with E-state index in [1.807, 2.05) is 24.3 Å². The standard InChI is InChI=1S/C14H10BrN2O/c15-13-4-2-1-3-12(13)14(18)10-17-7-5-11(9-16)6-8-17/h1-8H,10H2/q+1. The van der Waals surface area contributed by atoms with Crippen molar-refractivity contribution in [1.82, 2.24) is 0 Å². The van der Waals surface area contributed by atoms with Gasteiger partial charge in [-0.2, -0.15) is 9.83 Å². The Morgan fingerprint density at radius 2 is 1.89 bits per heavy atom. The lowest BCUT2D eigenvalue weighted by Crippen LogP contribution is -2.37. The Morgan fingerprint density at radius 1 is 1.22 bits per heavy atom. The summed E-state index contributed by atoms with van der Waals surface area (Å²) < 4.78 is 2.55. The zero-order chi connectivity index (χ0) is 13.0. The van der Waals surface area contributed by atoms with Crippen molar-refractivity contribution >= 4 is 21.7 Å². The van der Waals surface area contributed by atoms with Crippen molar-refractivity contribution < 1.29 is 9.36 Å². The normalized spacial score (nSPS) is 9.78. The number of carbonyl (C=O) groups excluding carboxylic acids is 1. The number of rotatable bonds is 3. The van der Waals surface area contributed by atoms with E-state index in [1.54, 1.807) is 35.2 Å². The fourth-order valence-corrected chi connectivity index (χ4v) is 2.08. The maximum absolute atomic E-state index is 12.1. The number of carbonyl (C=O) groups is 1. The molecule has 0 N–H and O–H groups in total. The maximum atomic E-state index is 12.1. The highest BCUT2D eigenvalue weighted by Crippen LogP contribution is 2.16. The molecular formula is C14H10BrN2O+. The predicted octanol–water partition coefficient (Wildman–Crippen LogP) is 2.49. The van der Waals surface area contributed by atoms with Gasteiger partial charge in [-0.15, -0.1) is 0 Å². The summed E-state index contributed by atoms with van der Waals surface area (Å²) in [5.41, 5.74) is 1.24. The number of nitriles is 1. The molecule has 0 aliphatic rings. The van der Waals surface area contributed by atoms with E-state index in [2.05, 4.69) is 15.9 Å². The number of ketones is 1. The van der Waals surface area contributed by atoms with Crippen molar-refractivity contribution in [2.45, 2.75) is 6.54 Å². The molecule has 0 aliphatic heterocycles. The van der Waals surface area contributed by atoms with Crippen LogP contribution >= 0.6 is 15.9 Å². The zero-order valence-corrected chi connectivity index (χ0v) is 11.1. The van der Waals surface area contributed by atoms with Gasteiger partial charge in [0.05, 0.1) is 11.6 Å². The topological polar surface area (TPSA) is 44.7 Å². The summed E-state index contributed by atoms with van der Waals surface area (Å²) in [7, 11) is 0. The number of hydrogen-bond acceptors (Lipinski definition) is 2. The molecule has 1 heterocycles. The van der Waals surface area contributed by atoms with Gasteiger partial charge in [-0.05, 0) is 6.07 Å². The second-order valence-electron chi connectivity index (χ2n) is 3.77. The van der Waals surface area contributed by atoms with Crippen LogP contribution in [0.15, 0.2) is 53.3 Å². The zero-order valence-electron chi connectivity index (χ0n) is 9.51. The maximum Gasteiger partial charge on any atom is 0.228 e. The first kappa shape index (κ1) is 12.5. The second kappa shape index (κ2) is 5.56. The average Bonchev–Trinajstić information content (AvgIpc) is 2.40. The fraction of sp³-hybridized carbons (Fsp3) is 0.0714. The Hall–Kier alpha value is -1.99. The van der Waals surface area contributed by atoms with Gasteiger partial charge in [0.25, 0.3) is 0 Å². The van der Waals surface area contributed by atoms with Gasteiger partial charge in [-0.25, -0.2) is 0 Å². The number of hydrogen-bond donors (Lipinski definition) is 0. The third-order valence-corrected chi connectivity index (χ3v) is 3.21. The summed E-state index contributed by atoms with van der Waals surface area (Å²) >= 11 is 3.36. The molecule has 1 aromatic heterocycles. The van der Waals surface area contributed by atoms with E-state index in [1.165, 1.54) is 0 Å². The Balaban J connectivity index is 2.17. The van der Waals surface area contributed by atoms with Crippen LogP contribution in [0, 0.1) is 11.3 Å². The Labute approximate surface area is 113 Å². The van der Waals surface area contributed by atoms with E-state index in [0.29, 0.717) is 11.1 Å². The molecule has 0 fully saturated rings. The lowest BCUT2D eigenvalue weighted by Gasteiger charge is -2.00. The first-order chi connectivity index (χ1) is 8.70. The van der Waals surface area contributed by atoms with E-state index in [-0.39, 0.29) is 12.3 Å². The van der Waals surface area contributed by atoms with Gasteiger partial charge in [-0.1, -0.05) is 34.1 Å².